The number of hydrogen-bond acceptors (Lipinski definition) is 8. The summed E-state index contributed by atoms with van der Waals surface area (Å²) < 4.78 is 23.5. The molecule has 0 bridgehead atoms. The summed E-state index contributed by atoms with van der Waals surface area (Å²) in [5, 5.41) is 1.48. The molecule has 0 atom stereocenters. The number of halogens is 1. The zero-order valence-corrected chi connectivity index (χ0v) is 22.0. The Kier molecular flexibility index (Phi) is 8.68. The van der Waals surface area contributed by atoms with E-state index in [1.165, 1.54) is 11.3 Å². The van der Waals surface area contributed by atoms with Gasteiger partial charge >= 0.3 is 0 Å². The molecule has 0 saturated carbocycles. The highest BCUT2D eigenvalue weighted by molar-refractivity contribution is 7.22. The Hall–Kier alpha value is -2.85. The van der Waals surface area contributed by atoms with Gasteiger partial charge in [0.05, 0.1) is 37.1 Å². The first-order valence-electron chi connectivity index (χ1n) is 11.9. The van der Waals surface area contributed by atoms with Gasteiger partial charge in [-0.1, -0.05) is 23.5 Å². The van der Waals surface area contributed by atoms with Crippen molar-refractivity contribution < 1.29 is 23.4 Å². The summed E-state index contributed by atoms with van der Waals surface area (Å²) in [5.41, 5.74) is 1.42. The van der Waals surface area contributed by atoms with Crippen LogP contribution in [0.2, 0.25) is 0 Å². The number of hydrogen-bond donors (Lipinski definition) is 0. The monoisotopic (exact) mass is 531 g/mol. The number of fused-ring (bicyclic) bond motifs is 2. The largest absolute Gasteiger partial charge is 0.497 e. The van der Waals surface area contributed by atoms with E-state index in [1.807, 2.05) is 43.3 Å². The summed E-state index contributed by atoms with van der Waals surface area (Å²) in [5.74, 6) is 1.46. The van der Waals surface area contributed by atoms with Crippen molar-refractivity contribution in [3.05, 3.63) is 48.2 Å². The van der Waals surface area contributed by atoms with Crippen LogP contribution in [0, 0.1) is 0 Å². The van der Waals surface area contributed by atoms with E-state index in [1.54, 1.807) is 18.1 Å². The Morgan fingerprint density at radius 2 is 2.03 bits per heavy atom. The Balaban J connectivity index is 0.00000304. The molecule has 2 aromatic carbocycles. The molecule has 192 valence electrons. The lowest BCUT2D eigenvalue weighted by Gasteiger charge is -2.27. The standard InChI is InChI=1S/C26H29N3O5S.ClH/c1-3-33-21-7-4-6-18-16-22(34-24(18)21)25(30)29(11-5-10-28-12-14-32-15-13-28)26-27-20-9-8-19(31-2)17-23(20)35-26;/h4,6-9,16-17H,3,5,10-15H2,1-2H3;1H. The first kappa shape index (κ1) is 26.2. The third-order valence-corrected chi connectivity index (χ3v) is 7.08. The molecule has 10 heteroatoms. The van der Waals surface area contributed by atoms with Gasteiger partial charge in [-0.2, -0.15) is 0 Å². The van der Waals surface area contributed by atoms with Crippen LogP contribution in [0.25, 0.3) is 21.2 Å². The van der Waals surface area contributed by atoms with Crippen molar-refractivity contribution in [2.75, 3.05) is 58.0 Å². The summed E-state index contributed by atoms with van der Waals surface area (Å²) in [6.45, 7) is 7.20. The molecule has 0 radical (unpaired) electrons. The lowest BCUT2D eigenvalue weighted by atomic mass is 10.2. The molecule has 1 fully saturated rings. The van der Waals surface area contributed by atoms with Gasteiger partial charge in [-0.05, 0) is 43.7 Å². The van der Waals surface area contributed by atoms with Crippen molar-refractivity contribution in [1.29, 1.82) is 0 Å². The maximum atomic E-state index is 13.8. The van der Waals surface area contributed by atoms with Gasteiger partial charge < -0.3 is 18.6 Å². The van der Waals surface area contributed by atoms with Gasteiger partial charge in [-0.3, -0.25) is 14.6 Å². The van der Waals surface area contributed by atoms with Crippen molar-refractivity contribution in [3.8, 4) is 11.5 Å². The fraction of sp³-hybridized carbons (Fsp3) is 0.385. The topological polar surface area (TPSA) is 77.3 Å². The number of thiazole rings is 1. The molecule has 0 unspecified atom stereocenters. The predicted octanol–water partition coefficient (Wildman–Crippen LogP) is 5.24. The minimum Gasteiger partial charge on any atom is -0.497 e. The van der Waals surface area contributed by atoms with Crippen LogP contribution in [-0.2, 0) is 4.74 Å². The number of rotatable bonds is 9. The van der Waals surface area contributed by atoms with Gasteiger partial charge in [0.15, 0.2) is 22.2 Å². The molecule has 1 aliphatic heterocycles. The minimum absolute atomic E-state index is 0. The van der Waals surface area contributed by atoms with Gasteiger partial charge in [-0.25, -0.2) is 4.98 Å². The second kappa shape index (κ2) is 11.9. The Bertz CT molecular complexity index is 1320. The number of ether oxygens (including phenoxy) is 3. The van der Waals surface area contributed by atoms with Crippen LogP contribution in [-0.4, -0.2) is 68.9 Å². The van der Waals surface area contributed by atoms with Gasteiger partial charge in [0.2, 0.25) is 0 Å². The highest BCUT2D eigenvalue weighted by Crippen LogP contribution is 2.34. The average Bonchev–Trinajstić information content (AvgIpc) is 3.51. The molecular formula is C26H30ClN3O5S. The number of methoxy groups -OCH3 is 1. The summed E-state index contributed by atoms with van der Waals surface area (Å²) >= 11 is 1.48. The van der Waals surface area contributed by atoms with E-state index in [0.29, 0.717) is 29.6 Å². The van der Waals surface area contributed by atoms with Crippen LogP contribution in [0.4, 0.5) is 5.13 Å². The van der Waals surface area contributed by atoms with Crippen LogP contribution < -0.4 is 14.4 Å². The fourth-order valence-electron chi connectivity index (χ4n) is 4.24. The van der Waals surface area contributed by atoms with E-state index in [2.05, 4.69) is 4.90 Å². The third-order valence-electron chi connectivity index (χ3n) is 6.04. The quantitative estimate of drug-likeness (QED) is 0.292. The van der Waals surface area contributed by atoms with Crippen LogP contribution >= 0.6 is 23.7 Å². The van der Waals surface area contributed by atoms with E-state index in [0.717, 1.165) is 60.6 Å². The Morgan fingerprint density at radius 3 is 2.81 bits per heavy atom. The summed E-state index contributed by atoms with van der Waals surface area (Å²) in [7, 11) is 1.64. The third kappa shape index (κ3) is 5.59. The van der Waals surface area contributed by atoms with Crippen LogP contribution in [0.5, 0.6) is 11.5 Å². The Labute approximate surface area is 220 Å². The summed E-state index contributed by atoms with van der Waals surface area (Å²) in [4.78, 5) is 22.6. The average molecular weight is 532 g/mol. The number of furan rings is 1. The molecule has 0 spiro atoms. The molecule has 1 aliphatic rings. The zero-order valence-electron chi connectivity index (χ0n) is 20.4. The maximum Gasteiger partial charge on any atom is 0.295 e. The smallest absolute Gasteiger partial charge is 0.295 e. The number of benzene rings is 2. The highest BCUT2D eigenvalue weighted by atomic mass is 35.5. The van der Waals surface area contributed by atoms with Gasteiger partial charge in [0, 0.05) is 31.6 Å². The molecule has 2 aromatic heterocycles. The number of para-hydroxylation sites is 1. The van der Waals surface area contributed by atoms with Crippen LogP contribution in [0.3, 0.4) is 0 Å². The zero-order chi connectivity index (χ0) is 24.2. The number of carbonyl (C=O) groups excluding carboxylic acids is 1. The summed E-state index contributed by atoms with van der Waals surface area (Å²) in [6.07, 6.45) is 0.815. The lowest BCUT2D eigenvalue weighted by Crippen LogP contribution is -2.39. The number of amides is 1. The van der Waals surface area contributed by atoms with E-state index in [-0.39, 0.29) is 24.1 Å². The number of anilines is 1. The van der Waals surface area contributed by atoms with E-state index >= 15 is 0 Å². The van der Waals surface area contributed by atoms with Gasteiger partial charge in [-0.15, -0.1) is 12.4 Å². The van der Waals surface area contributed by atoms with Crippen molar-refractivity contribution in [2.24, 2.45) is 0 Å². The summed E-state index contributed by atoms with van der Waals surface area (Å²) in [6, 6.07) is 13.2. The molecular weight excluding hydrogens is 502 g/mol. The molecule has 1 saturated heterocycles. The first-order chi connectivity index (χ1) is 17.2. The second-order valence-corrected chi connectivity index (χ2v) is 9.32. The maximum absolute atomic E-state index is 13.8. The molecule has 8 nitrogen and oxygen atoms in total. The number of aromatic nitrogens is 1. The van der Waals surface area contributed by atoms with Crippen molar-refractivity contribution >= 4 is 56.0 Å². The normalized spacial score (nSPS) is 14.1. The van der Waals surface area contributed by atoms with Crippen molar-refractivity contribution in [1.82, 2.24) is 9.88 Å². The first-order valence-corrected chi connectivity index (χ1v) is 12.7. The lowest BCUT2D eigenvalue weighted by molar-refractivity contribution is 0.0376. The molecule has 0 N–H and O–H groups in total. The van der Waals surface area contributed by atoms with E-state index in [4.69, 9.17) is 23.6 Å². The van der Waals surface area contributed by atoms with E-state index in [9.17, 15) is 4.79 Å². The van der Waals surface area contributed by atoms with Gasteiger partial charge in [0.25, 0.3) is 5.91 Å². The number of nitrogens with zero attached hydrogens (tertiary/aromatic N) is 3. The number of morpholine rings is 1. The van der Waals surface area contributed by atoms with Crippen LogP contribution in [0.1, 0.15) is 23.9 Å². The predicted molar refractivity (Wildman–Crippen MR) is 144 cm³/mol. The van der Waals surface area contributed by atoms with Crippen molar-refractivity contribution in [2.45, 2.75) is 13.3 Å². The molecule has 1 amide bonds. The molecule has 0 aliphatic carbocycles. The fourth-order valence-corrected chi connectivity index (χ4v) is 5.26. The molecule has 5 rings (SSSR count). The van der Waals surface area contributed by atoms with Crippen molar-refractivity contribution in [3.63, 3.8) is 0 Å². The Morgan fingerprint density at radius 1 is 1.19 bits per heavy atom. The number of carbonyl (C=O) groups is 1. The molecule has 3 heterocycles. The van der Waals surface area contributed by atoms with Gasteiger partial charge in [0.1, 0.15) is 5.75 Å². The SMILES string of the molecule is CCOc1cccc2cc(C(=O)N(CCCN3CCOCC3)c3nc4ccc(OC)cc4s3)oc12.Cl. The van der Waals surface area contributed by atoms with E-state index < -0.39 is 0 Å². The second-order valence-electron chi connectivity index (χ2n) is 8.31. The highest BCUT2D eigenvalue weighted by Gasteiger charge is 2.25. The minimum atomic E-state index is -0.211. The molecule has 36 heavy (non-hydrogen) atoms. The molecule has 4 aromatic rings. The van der Waals surface area contributed by atoms with Crippen LogP contribution in [0.15, 0.2) is 46.9 Å².